The second kappa shape index (κ2) is 11.3. The van der Waals surface area contributed by atoms with E-state index in [0.717, 1.165) is 28.8 Å². The molecule has 0 atom stereocenters. The van der Waals surface area contributed by atoms with Crippen molar-refractivity contribution in [3.05, 3.63) is 139 Å². The van der Waals surface area contributed by atoms with Crippen LogP contribution in [0.3, 0.4) is 0 Å². The van der Waals surface area contributed by atoms with Gasteiger partial charge in [0.25, 0.3) is 0 Å². The van der Waals surface area contributed by atoms with E-state index in [9.17, 15) is 10.1 Å². The van der Waals surface area contributed by atoms with Crippen LogP contribution in [0.4, 0.5) is 0 Å². The van der Waals surface area contributed by atoms with Crippen LogP contribution in [0.5, 0.6) is 0 Å². The molecule has 0 spiro atoms. The molecule has 0 N–H and O–H groups in total. The molecule has 2 nitrogen and oxygen atoms in total. The van der Waals surface area contributed by atoms with Gasteiger partial charge in [0.15, 0.2) is 5.78 Å². The van der Waals surface area contributed by atoms with Crippen molar-refractivity contribution >= 4 is 33.9 Å². The van der Waals surface area contributed by atoms with E-state index >= 15 is 0 Å². The maximum Gasteiger partial charge on any atom is 0.197 e. The van der Waals surface area contributed by atoms with E-state index < -0.39 is 6.89 Å². The Balaban J connectivity index is 1.88. The Morgan fingerprint density at radius 1 is 0.676 bits per heavy atom. The molecule has 0 saturated heterocycles. The van der Waals surface area contributed by atoms with Crippen molar-refractivity contribution in [3.63, 3.8) is 0 Å². The Labute approximate surface area is 201 Å². The molecule has 3 heteroatoms. The number of benzene rings is 4. The first-order valence-electron chi connectivity index (χ1n) is 11.3. The summed E-state index contributed by atoms with van der Waals surface area (Å²) in [6, 6.07) is 42.6. The van der Waals surface area contributed by atoms with Crippen molar-refractivity contribution < 1.29 is 4.79 Å². The van der Waals surface area contributed by atoms with E-state index in [-0.39, 0.29) is 5.78 Å². The molecule has 0 amide bonds. The van der Waals surface area contributed by atoms with Gasteiger partial charge in [-0.05, 0) is 47.3 Å². The number of nitrogens with zero attached hydrogens (tertiary/aromatic N) is 1. The van der Waals surface area contributed by atoms with Gasteiger partial charge in [-0.2, -0.15) is 5.26 Å². The van der Waals surface area contributed by atoms with E-state index in [1.54, 1.807) is 6.08 Å². The largest absolute Gasteiger partial charge is 0.288 e. The zero-order chi connectivity index (χ0) is 23.6. The second-order valence-electron chi connectivity index (χ2n) is 7.93. The van der Waals surface area contributed by atoms with Gasteiger partial charge in [-0.15, -0.1) is 0 Å². The standard InChI is InChI=1S/C31H26NOP/c32-25-31(30(33)24-14-13-17-26-15-5-1-6-16-26)34(27-18-7-2-8-19-27,28-20-9-3-10-21-28)29-22-11-4-12-23-29/h1-12,14-16,18-24H,13,17H2. The number of nitriles is 1. The summed E-state index contributed by atoms with van der Waals surface area (Å²) in [4.78, 5) is 13.6. The molecule has 0 aliphatic heterocycles. The third kappa shape index (κ3) is 4.86. The van der Waals surface area contributed by atoms with Gasteiger partial charge in [-0.25, -0.2) is 0 Å². The van der Waals surface area contributed by atoms with E-state index in [1.807, 2.05) is 115 Å². The highest BCUT2D eigenvalue weighted by atomic mass is 31.2. The van der Waals surface area contributed by atoms with E-state index in [1.165, 1.54) is 5.56 Å². The maximum atomic E-state index is 13.6. The first-order chi connectivity index (χ1) is 16.8. The molecule has 34 heavy (non-hydrogen) atoms. The lowest BCUT2D eigenvalue weighted by Crippen LogP contribution is -2.32. The van der Waals surface area contributed by atoms with E-state index in [2.05, 4.69) is 18.2 Å². The van der Waals surface area contributed by atoms with Crippen molar-refractivity contribution in [1.29, 1.82) is 5.26 Å². The zero-order valence-corrected chi connectivity index (χ0v) is 19.8. The monoisotopic (exact) mass is 459 g/mol. The maximum absolute atomic E-state index is 13.6. The minimum Gasteiger partial charge on any atom is -0.288 e. The van der Waals surface area contributed by atoms with Crippen LogP contribution in [0.25, 0.3) is 0 Å². The first kappa shape index (κ1) is 23.2. The number of aryl methyl sites for hydroxylation is 1. The molecule has 0 heterocycles. The molecule has 0 saturated carbocycles. The third-order valence-corrected chi connectivity index (χ3v) is 10.0. The summed E-state index contributed by atoms with van der Waals surface area (Å²) in [5, 5.41) is 13.7. The van der Waals surface area contributed by atoms with Crippen molar-refractivity contribution in [1.82, 2.24) is 0 Å². The minimum atomic E-state index is -2.67. The van der Waals surface area contributed by atoms with Crippen LogP contribution in [-0.4, -0.2) is 11.1 Å². The molecule has 0 unspecified atom stereocenters. The highest BCUT2D eigenvalue weighted by Crippen LogP contribution is 2.46. The summed E-state index contributed by atoms with van der Waals surface area (Å²) in [5.41, 5.74) is 1.23. The summed E-state index contributed by atoms with van der Waals surface area (Å²) in [6.45, 7) is -2.67. The molecule has 4 rings (SSSR count). The normalized spacial score (nSPS) is 11.1. The fourth-order valence-electron chi connectivity index (χ4n) is 4.25. The van der Waals surface area contributed by atoms with Gasteiger partial charge in [0.05, 0.1) is 0 Å². The summed E-state index contributed by atoms with van der Waals surface area (Å²) in [7, 11) is 0. The average molecular weight is 460 g/mol. The Morgan fingerprint density at radius 2 is 1.09 bits per heavy atom. The molecule has 0 aromatic heterocycles. The van der Waals surface area contributed by atoms with Gasteiger partial charge < -0.3 is 0 Å². The van der Waals surface area contributed by atoms with Crippen LogP contribution in [0.2, 0.25) is 0 Å². The van der Waals surface area contributed by atoms with Gasteiger partial charge in [-0.1, -0.05) is 127 Å². The van der Waals surface area contributed by atoms with Crippen LogP contribution < -0.4 is 15.9 Å². The number of allylic oxidation sites excluding steroid dienone is 2. The topological polar surface area (TPSA) is 40.9 Å². The van der Waals surface area contributed by atoms with Crippen LogP contribution in [0, 0.1) is 11.3 Å². The summed E-state index contributed by atoms with van der Waals surface area (Å²) in [6.07, 6.45) is 5.07. The predicted molar refractivity (Wildman–Crippen MR) is 145 cm³/mol. The number of hydrogen-bond donors (Lipinski definition) is 0. The number of carbonyl (C=O) groups is 1. The summed E-state index contributed by atoms with van der Waals surface area (Å²) in [5.74, 6) is -0.222. The number of ketones is 1. The van der Waals surface area contributed by atoms with Gasteiger partial charge in [0.1, 0.15) is 11.4 Å². The third-order valence-electron chi connectivity index (χ3n) is 5.82. The smallest absolute Gasteiger partial charge is 0.197 e. The molecule has 0 bridgehead atoms. The Morgan fingerprint density at radius 3 is 1.50 bits per heavy atom. The Kier molecular flexibility index (Phi) is 7.71. The molecule has 166 valence electrons. The Hall–Kier alpha value is -3.92. The van der Waals surface area contributed by atoms with Gasteiger partial charge in [0.2, 0.25) is 0 Å². The molecule has 0 aliphatic rings. The Bertz CT molecular complexity index is 1250. The lowest BCUT2D eigenvalue weighted by atomic mass is 10.1. The molecule has 0 radical (unpaired) electrons. The van der Waals surface area contributed by atoms with Crippen LogP contribution in [-0.2, 0) is 11.2 Å². The fourth-order valence-corrected chi connectivity index (χ4v) is 8.33. The quantitative estimate of drug-likeness (QED) is 0.260. The highest BCUT2D eigenvalue weighted by molar-refractivity contribution is 7.97. The molecular formula is C31H26NOP. The van der Waals surface area contributed by atoms with Crippen molar-refractivity contribution in [2.45, 2.75) is 12.8 Å². The molecule has 0 fully saturated rings. The second-order valence-corrected chi connectivity index (χ2v) is 11.3. The van der Waals surface area contributed by atoms with Crippen LogP contribution in [0.1, 0.15) is 12.0 Å². The van der Waals surface area contributed by atoms with Gasteiger partial charge >= 0.3 is 0 Å². The van der Waals surface area contributed by atoms with Crippen LogP contribution in [0.15, 0.2) is 133 Å². The lowest BCUT2D eigenvalue weighted by Gasteiger charge is -2.29. The van der Waals surface area contributed by atoms with Crippen molar-refractivity contribution in [2.75, 3.05) is 0 Å². The fraction of sp³-hybridized carbons (Fsp3) is 0.0645. The SMILES string of the molecule is N#CC(C(=O)C=CCCc1ccccc1)=P(c1ccccc1)(c1ccccc1)c1ccccc1. The summed E-state index contributed by atoms with van der Waals surface area (Å²) < 4.78 is 0. The molecule has 0 aliphatic carbocycles. The number of rotatable bonds is 8. The van der Waals surface area contributed by atoms with E-state index in [4.69, 9.17) is 0 Å². The van der Waals surface area contributed by atoms with Gasteiger partial charge in [0, 0.05) is 0 Å². The lowest BCUT2D eigenvalue weighted by molar-refractivity contribution is -0.108. The highest BCUT2D eigenvalue weighted by Gasteiger charge is 2.32. The predicted octanol–water partition coefficient (Wildman–Crippen LogP) is 5.43. The van der Waals surface area contributed by atoms with E-state index in [0.29, 0.717) is 5.29 Å². The van der Waals surface area contributed by atoms with Gasteiger partial charge in [-0.3, -0.25) is 4.79 Å². The molecule has 4 aromatic rings. The molecular weight excluding hydrogens is 433 g/mol. The zero-order valence-electron chi connectivity index (χ0n) is 18.9. The average Bonchev–Trinajstić information content (AvgIpc) is 2.91. The number of carbonyl (C=O) groups excluding carboxylic acids is 1. The van der Waals surface area contributed by atoms with Crippen molar-refractivity contribution in [3.8, 4) is 6.07 Å². The minimum absolute atomic E-state index is 0.222. The first-order valence-corrected chi connectivity index (χ1v) is 13.1. The number of hydrogen-bond acceptors (Lipinski definition) is 2. The van der Waals surface area contributed by atoms with Crippen molar-refractivity contribution in [2.24, 2.45) is 0 Å². The summed E-state index contributed by atoms with van der Waals surface area (Å²) >= 11 is 0. The van der Waals surface area contributed by atoms with Crippen LogP contribution >= 0.6 is 6.89 Å². The molecule has 4 aromatic carbocycles.